The van der Waals surface area contributed by atoms with Crippen molar-refractivity contribution in [3.63, 3.8) is 0 Å². The lowest BCUT2D eigenvalue weighted by Gasteiger charge is -2.15. The molecule has 1 N–H and O–H groups in total. The van der Waals surface area contributed by atoms with E-state index < -0.39 is 5.91 Å². The molecule has 0 aromatic heterocycles. The maximum absolute atomic E-state index is 12.0. The second-order valence-corrected chi connectivity index (χ2v) is 9.48. The second kappa shape index (κ2) is 12.7. The van der Waals surface area contributed by atoms with Gasteiger partial charge < -0.3 is 14.2 Å². The molecule has 34 heavy (non-hydrogen) atoms. The van der Waals surface area contributed by atoms with Crippen molar-refractivity contribution in [2.75, 3.05) is 13.7 Å². The van der Waals surface area contributed by atoms with Crippen molar-refractivity contribution < 1.29 is 19.0 Å². The third-order valence-corrected chi connectivity index (χ3v) is 7.53. The van der Waals surface area contributed by atoms with Crippen LogP contribution in [0.5, 0.6) is 17.2 Å². The summed E-state index contributed by atoms with van der Waals surface area (Å²) >= 11 is 25.1. The molecule has 6 nitrogen and oxygen atoms in total. The molecular formula is C23H17Br2Cl3N2O4. The van der Waals surface area contributed by atoms with Gasteiger partial charge in [-0.2, -0.15) is 5.10 Å². The third kappa shape index (κ3) is 7.02. The topological polar surface area (TPSA) is 69.2 Å². The number of benzene rings is 3. The summed E-state index contributed by atoms with van der Waals surface area (Å²) in [5, 5.41) is 5.32. The van der Waals surface area contributed by atoms with Crippen LogP contribution in [0.25, 0.3) is 0 Å². The Balaban J connectivity index is 1.66. The van der Waals surface area contributed by atoms with Gasteiger partial charge >= 0.3 is 0 Å². The number of carbonyl (C=O) groups is 1. The number of halogens is 5. The van der Waals surface area contributed by atoms with E-state index in [4.69, 9.17) is 49.0 Å². The Hall–Kier alpha value is -1.97. The van der Waals surface area contributed by atoms with Crippen molar-refractivity contribution in [1.29, 1.82) is 0 Å². The number of amides is 1. The van der Waals surface area contributed by atoms with Crippen molar-refractivity contribution in [2.24, 2.45) is 5.10 Å². The van der Waals surface area contributed by atoms with Crippen molar-refractivity contribution in [3.8, 4) is 17.2 Å². The highest BCUT2D eigenvalue weighted by atomic mass is 79.9. The Morgan fingerprint density at radius 2 is 1.74 bits per heavy atom. The monoisotopic (exact) mass is 648 g/mol. The predicted octanol–water partition coefficient (Wildman–Crippen LogP) is 7.29. The van der Waals surface area contributed by atoms with Crippen molar-refractivity contribution in [1.82, 2.24) is 5.43 Å². The highest BCUT2D eigenvalue weighted by Gasteiger charge is 2.17. The lowest BCUT2D eigenvalue weighted by atomic mass is 10.2. The van der Waals surface area contributed by atoms with Crippen LogP contribution in [0.4, 0.5) is 0 Å². The quantitative estimate of drug-likeness (QED) is 0.195. The Labute approximate surface area is 228 Å². The van der Waals surface area contributed by atoms with Crippen LogP contribution in [0.2, 0.25) is 15.1 Å². The molecule has 0 aliphatic heterocycles. The van der Waals surface area contributed by atoms with Crippen molar-refractivity contribution in [3.05, 3.63) is 83.7 Å². The van der Waals surface area contributed by atoms with E-state index in [1.54, 1.807) is 42.5 Å². The van der Waals surface area contributed by atoms with Crippen LogP contribution in [0.1, 0.15) is 11.1 Å². The molecule has 0 fully saturated rings. The molecule has 0 radical (unpaired) electrons. The molecule has 0 aliphatic rings. The average molecular weight is 652 g/mol. The van der Waals surface area contributed by atoms with Gasteiger partial charge in [0.2, 0.25) is 0 Å². The van der Waals surface area contributed by atoms with Gasteiger partial charge in [-0.05, 0) is 67.8 Å². The zero-order valence-electron chi connectivity index (χ0n) is 17.6. The Kier molecular flexibility index (Phi) is 9.91. The summed E-state index contributed by atoms with van der Waals surface area (Å²) in [5.74, 6) is 0.913. The summed E-state index contributed by atoms with van der Waals surface area (Å²) in [6, 6.07) is 13.9. The van der Waals surface area contributed by atoms with Gasteiger partial charge in [-0.3, -0.25) is 4.79 Å². The molecule has 0 spiro atoms. The number of ether oxygens (including phenoxy) is 3. The molecule has 0 saturated heterocycles. The maximum Gasteiger partial charge on any atom is 0.277 e. The number of hydrogen-bond donors (Lipinski definition) is 1. The van der Waals surface area contributed by atoms with Gasteiger partial charge in [0.15, 0.2) is 18.1 Å². The van der Waals surface area contributed by atoms with E-state index in [2.05, 4.69) is 42.4 Å². The number of hydrazone groups is 1. The number of nitrogens with one attached hydrogen (secondary N) is 1. The Morgan fingerprint density at radius 3 is 2.44 bits per heavy atom. The second-order valence-electron chi connectivity index (χ2n) is 6.67. The molecule has 178 valence electrons. The van der Waals surface area contributed by atoms with Crippen LogP contribution >= 0.6 is 66.7 Å². The molecule has 0 bridgehead atoms. The van der Waals surface area contributed by atoms with Crippen LogP contribution in [-0.2, 0) is 11.4 Å². The van der Waals surface area contributed by atoms with Crippen molar-refractivity contribution >= 4 is 78.8 Å². The Bertz CT molecular complexity index is 1230. The summed E-state index contributed by atoms with van der Waals surface area (Å²) < 4.78 is 18.1. The summed E-state index contributed by atoms with van der Waals surface area (Å²) in [4.78, 5) is 12.0. The molecule has 11 heteroatoms. The number of para-hydroxylation sites is 1. The molecule has 0 aliphatic carbocycles. The molecule has 0 saturated carbocycles. The summed E-state index contributed by atoms with van der Waals surface area (Å²) in [7, 11) is 1.52. The summed E-state index contributed by atoms with van der Waals surface area (Å²) in [6.45, 7) is 0.00393. The van der Waals surface area contributed by atoms with Gasteiger partial charge in [0.1, 0.15) is 12.4 Å². The van der Waals surface area contributed by atoms with Crippen molar-refractivity contribution in [2.45, 2.75) is 6.61 Å². The van der Waals surface area contributed by atoms with Gasteiger partial charge in [-0.1, -0.05) is 53.0 Å². The smallest absolute Gasteiger partial charge is 0.277 e. The summed E-state index contributed by atoms with van der Waals surface area (Å²) in [5.41, 5.74) is 3.88. The highest BCUT2D eigenvalue weighted by Crippen LogP contribution is 2.42. The molecular weight excluding hydrogens is 634 g/mol. The van der Waals surface area contributed by atoms with Crippen LogP contribution in [0.3, 0.4) is 0 Å². The maximum atomic E-state index is 12.0. The van der Waals surface area contributed by atoms with Gasteiger partial charge in [0, 0.05) is 10.0 Å². The minimum Gasteiger partial charge on any atom is -0.493 e. The van der Waals surface area contributed by atoms with E-state index >= 15 is 0 Å². The average Bonchev–Trinajstić information content (AvgIpc) is 2.82. The molecule has 0 heterocycles. The first kappa shape index (κ1) is 26.6. The first-order chi connectivity index (χ1) is 16.3. The third-order valence-electron chi connectivity index (χ3n) is 4.33. The van der Waals surface area contributed by atoms with E-state index in [-0.39, 0.29) is 13.2 Å². The fourth-order valence-electron chi connectivity index (χ4n) is 2.68. The van der Waals surface area contributed by atoms with E-state index in [0.29, 0.717) is 46.8 Å². The Morgan fingerprint density at radius 1 is 0.971 bits per heavy atom. The largest absolute Gasteiger partial charge is 0.493 e. The molecule has 3 rings (SSSR count). The molecule has 0 atom stereocenters. The molecule has 3 aromatic carbocycles. The zero-order chi connectivity index (χ0) is 24.7. The normalized spacial score (nSPS) is 10.9. The van der Waals surface area contributed by atoms with Gasteiger partial charge in [-0.25, -0.2) is 5.43 Å². The minimum atomic E-state index is -0.445. The van der Waals surface area contributed by atoms with Crippen LogP contribution in [0, 0.1) is 0 Å². The number of nitrogens with zero attached hydrogens (tertiary/aromatic N) is 1. The first-order valence-electron chi connectivity index (χ1n) is 9.62. The number of rotatable bonds is 9. The minimum absolute atomic E-state index is 0.239. The fraction of sp³-hybridized carbons (Fsp3) is 0.130. The molecule has 0 unspecified atom stereocenters. The summed E-state index contributed by atoms with van der Waals surface area (Å²) in [6.07, 6.45) is 1.47. The molecule has 3 aromatic rings. The zero-order valence-corrected chi connectivity index (χ0v) is 23.0. The van der Waals surface area contributed by atoms with E-state index in [9.17, 15) is 4.79 Å². The first-order valence-corrected chi connectivity index (χ1v) is 12.3. The van der Waals surface area contributed by atoms with Crippen LogP contribution in [0.15, 0.2) is 62.6 Å². The lowest BCUT2D eigenvalue weighted by Crippen LogP contribution is -2.24. The molecule has 1 amide bonds. The highest BCUT2D eigenvalue weighted by molar-refractivity contribution is 9.13. The van der Waals surface area contributed by atoms with Crippen LogP contribution < -0.4 is 19.6 Å². The SMILES string of the molecule is COc1cc(/C=N/NC(=O)COc2ccccc2Cl)c(Br)c(Br)c1OCc1ccc(Cl)c(Cl)c1. The van der Waals surface area contributed by atoms with E-state index in [1.807, 2.05) is 6.07 Å². The fourth-order valence-corrected chi connectivity index (χ4v) is 4.13. The number of carbonyl (C=O) groups excluding carboxylic acids is 1. The van der Waals surface area contributed by atoms with Gasteiger partial charge in [-0.15, -0.1) is 0 Å². The van der Waals surface area contributed by atoms with Gasteiger partial charge in [0.05, 0.1) is 32.9 Å². The number of methoxy groups -OCH3 is 1. The van der Waals surface area contributed by atoms with E-state index in [1.165, 1.54) is 13.3 Å². The lowest BCUT2D eigenvalue weighted by molar-refractivity contribution is -0.123. The van der Waals surface area contributed by atoms with Crippen LogP contribution in [-0.4, -0.2) is 25.8 Å². The number of hydrogen-bond acceptors (Lipinski definition) is 5. The van der Waals surface area contributed by atoms with Gasteiger partial charge in [0.25, 0.3) is 5.91 Å². The van der Waals surface area contributed by atoms with E-state index in [0.717, 1.165) is 5.56 Å². The predicted molar refractivity (Wildman–Crippen MR) is 142 cm³/mol. The standard InChI is InChI=1S/C23H17Br2Cl3N2O4/c1-32-19-9-14(10-29-30-20(31)12-33-18-5-3-2-4-16(18)27)21(24)22(25)23(19)34-11-13-6-7-15(26)17(28)8-13/h2-10H,11-12H2,1H3,(H,30,31)/b29-10+.